The van der Waals surface area contributed by atoms with Crippen molar-refractivity contribution in [3.05, 3.63) is 106 Å². The lowest BCUT2D eigenvalue weighted by Crippen LogP contribution is -2.28. The minimum atomic E-state index is -1.09. The van der Waals surface area contributed by atoms with E-state index in [-0.39, 0.29) is 23.4 Å². The molecule has 0 spiro atoms. The Morgan fingerprint density at radius 1 is 0.968 bits per heavy atom. The SMILES string of the molecule is Cc1ccc(C(=O)O)cc1NC(=O)c1nn(Cc2ccccc2)c(=O)c2ccccc12. The second-order valence-electron chi connectivity index (χ2n) is 7.13. The van der Waals surface area contributed by atoms with Gasteiger partial charge < -0.3 is 10.4 Å². The summed E-state index contributed by atoms with van der Waals surface area (Å²) in [5, 5.41) is 17.2. The van der Waals surface area contributed by atoms with Gasteiger partial charge in [0, 0.05) is 11.1 Å². The van der Waals surface area contributed by atoms with Crippen molar-refractivity contribution in [1.82, 2.24) is 9.78 Å². The number of nitrogens with zero attached hydrogens (tertiary/aromatic N) is 2. The number of anilines is 1. The molecule has 0 saturated carbocycles. The van der Waals surface area contributed by atoms with Gasteiger partial charge in [-0.25, -0.2) is 9.48 Å². The summed E-state index contributed by atoms with van der Waals surface area (Å²) in [5.74, 6) is -1.61. The summed E-state index contributed by atoms with van der Waals surface area (Å²) in [6.45, 7) is 1.99. The van der Waals surface area contributed by atoms with Gasteiger partial charge in [0.25, 0.3) is 11.5 Å². The van der Waals surface area contributed by atoms with Crippen LogP contribution in [-0.2, 0) is 6.54 Å². The zero-order valence-corrected chi connectivity index (χ0v) is 16.7. The monoisotopic (exact) mass is 413 g/mol. The highest BCUT2D eigenvalue weighted by Gasteiger charge is 2.18. The Balaban J connectivity index is 1.79. The fourth-order valence-electron chi connectivity index (χ4n) is 3.34. The Labute approximate surface area is 177 Å². The average Bonchev–Trinajstić information content (AvgIpc) is 2.77. The lowest BCUT2D eigenvalue weighted by molar-refractivity contribution is 0.0696. The van der Waals surface area contributed by atoms with E-state index in [4.69, 9.17) is 0 Å². The maximum atomic E-state index is 13.1. The quantitative estimate of drug-likeness (QED) is 0.519. The van der Waals surface area contributed by atoms with Gasteiger partial charge in [-0.05, 0) is 36.2 Å². The lowest BCUT2D eigenvalue weighted by atomic mass is 10.1. The number of carbonyl (C=O) groups is 2. The van der Waals surface area contributed by atoms with Gasteiger partial charge in [-0.3, -0.25) is 9.59 Å². The van der Waals surface area contributed by atoms with Crippen molar-refractivity contribution in [3.8, 4) is 0 Å². The van der Waals surface area contributed by atoms with Gasteiger partial charge >= 0.3 is 5.97 Å². The van der Waals surface area contributed by atoms with E-state index in [2.05, 4.69) is 10.4 Å². The molecule has 7 heteroatoms. The minimum Gasteiger partial charge on any atom is -0.478 e. The van der Waals surface area contributed by atoms with Crippen LogP contribution in [0.5, 0.6) is 0 Å². The van der Waals surface area contributed by atoms with E-state index >= 15 is 0 Å². The van der Waals surface area contributed by atoms with E-state index in [0.29, 0.717) is 22.0 Å². The predicted molar refractivity (Wildman–Crippen MR) is 118 cm³/mol. The number of aromatic nitrogens is 2. The normalized spacial score (nSPS) is 10.7. The molecule has 0 aliphatic carbocycles. The maximum Gasteiger partial charge on any atom is 0.335 e. The number of aromatic carboxylic acids is 1. The van der Waals surface area contributed by atoms with E-state index in [1.165, 1.54) is 16.8 Å². The highest BCUT2D eigenvalue weighted by Crippen LogP contribution is 2.20. The van der Waals surface area contributed by atoms with Crippen LogP contribution in [0, 0.1) is 6.92 Å². The fraction of sp³-hybridized carbons (Fsp3) is 0.0833. The average molecular weight is 413 g/mol. The first kappa shape index (κ1) is 20.0. The van der Waals surface area contributed by atoms with Gasteiger partial charge in [0.2, 0.25) is 0 Å². The molecule has 0 saturated heterocycles. The first-order valence-electron chi connectivity index (χ1n) is 9.63. The summed E-state index contributed by atoms with van der Waals surface area (Å²) >= 11 is 0. The molecule has 0 bridgehead atoms. The number of carbonyl (C=O) groups excluding carboxylic acids is 1. The number of aryl methyl sites for hydroxylation is 1. The van der Waals surface area contributed by atoms with Crippen molar-refractivity contribution in [2.24, 2.45) is 0 Å². The zero-order chi connectivity index (χ0) is 22.0. The van der Waals surface area contributed by atoms with E-state index in [1.807, 2.05) is 30.3 Å². The zero-order valence-electron chi connectivity index (χ0n) is 16.7. The molecule has 154 valence electrons. The first-order chi connectivity index (χ1) is 14.9. The number of hydrogen-bond donors (Lipinski definition) is 2. The van der Waals surface area contributed by atoms with Gasteiger partial charge in [0.15, 0.2) is 5.69 Å². The molecule has 0 aliphatic rings. The van der Waals surface area contributed by atoms with E-state index in [9.17, 15) is 19.5 Å². The largest absolute Gasteiger partial charge is 0.478 e. The van der Waals surface area contributed by atoms with Gasteiger partial charge in [-0.15, -0.1) is 0 Å². The number of hydrogen-bond acceptors (Lipinski definition) is 4. The summed E-state index contributed by atoms with van der Waals surface area (Å²) in [4.78, 5) is 37.4. The third-order valence-corrected chi connectivity index (χ3v) is 4.99. The van der Waals surface area contributed by atoms with Crippen LogP contribution in [0.2, 0.25) is 0 Å². The van der Waals surface area contributed by atoms with Crippen LogP contribution in [0.15, 0.2) is 77.6 Å². The number of carboxylic acids is 1. The van der Waals surface area contributed by atoms with Crippen molar-refractivity contribution in [3.63, 3.8) is 0 Å². The number of carboxylic acid groups (broad SMARTS) is 1. The van der Waals surface area contributed by atoms with E-state index in [1.54, 1.807) is 37.3 Å². The topological polar surface area (TPSA) is 101 Å². The molecule has 4 aromatic rings. The minimum absolute atomic E-state index is 0.0627. The van der Waals surface area contributed by atoms with Crippen molar-refractivity contribution < 1.29 is 14.7 Å². The van der Waals surface area contributed by atoms with Crippen LogP contribution >= 0.6 is 0 Å². The van der Waals surface area contributed by atoms with Gasteiger partial charge in [0.05, 0.1) is 17.5 Å². The Hall–Kier alpha value is -4.26. The number of rotatable bonds is 5. The molecule has 0 unspecified atom stereocenters. The molecular formula is C24H19N3O4. The van der Waals surface area contributed by atoms with Crippen molar-refractivity contribution >= 4 is 28.3 Å². The third kappa shape index (κ3) is 4.06. The number of fused-ring (bicyclic) bond motifs is 1. The predicted octanol–water partition coefficient (Wildman–Crippen LogP) is 3.70. The number of amides is 1. The van der Waals surface area contributed by atoms with Gasteiger partial charge in [-0.1, -0.05) is 54.6 Å². The number of benzene rings is 3. The molecule has 4 rings (SSSR count). The maximum absolute atomic E-state index is 13.1. The lowest BCUT2D eigenvalue weighted by Gasteiger charge is -2.13. The van der Waals surface area contributed by atoms with Crippen molar-refractivity contribution in [2.45, 2.75) is 13.5 Å². The van der Waals surface area contributed by atoms with Crippen molar-refractivity contribution in [1.29, 1.82) is 0 Å². The van der Waals surface area contributed by atoms with E-state index in [0.717, 1.165) is 5.56 Å². The Kier molecular flexibility index (Phi) is 5.32. The molecular weight excluding hydrogens is 394 g/mol. The Morgan fingerprint density at radius 3 is 2.35 bits per heavy atom. The number of nitrogens with one attached hydrogen (secondary N) is 1. The third-order valence-electron chi connectivity index (χ3n) is 4.99. The molecule has 1 amide bonds. The molecule has 0 radical (unpaired) electrons. The second kappa shape index (κ2) is 8.23. The summed E-state index contributed by atoms with van der Waals surface area (Å²) in [5.41, 5.74) is 1.82. The summed E-state index contributed by atoms with van der Waals surface area (Å²) < 4.78 is 1.27. The highest BCUT2D eigenvalue weighted by molar-refractivity contribution is 6.11. The molecule has 1 aromatic heterocycles. The summed E-state index contributed by atoms with van der Waals surface area (Å²) in [6.07, 6.45) is 0. The summed E-state index contributed by atoms with van der Waals surface area (Å²) in [7, 11) is 0. The molecule has 0 atom stereocenters. The van der Waals surface area contributed by atoms with Gasteiger partial charge in [-0.2, -0.15) is 5.10 Å². The molecule has 31 heavy (non-hydrogen) atoms. The molecule has 2 N–H and O–H groups in total. The molecule has 0 aliphatic heterocycles. The van der Waals surface area contributed by atoms with Crippen LogP contribution in [0.1, 0.15) is 32.0 Å². The van der Waals surface area contributed by atoms with Crippen LogP contribution < -0.4 is 10.9 Å². The van der Waals surface area contributed by atoms with Crippen LogP contribution in [0.4, 0.5) is 5.69 Å². The molecule has 7 nitrogen and oxygen atoms in total. The van der Waals surface area contributed by atoms with Crippen LogP contribution in [0.25, 0.3) is 10.8 Å². The highest BCUT2D eigenvalue weighted by atomic mass is 16.4. The first-order valence-corrected chi connectivity index (χ1v) is 9.63. The molecule has 3 aromatic carbocycles. The molecule has 0 fully saturated rings. The second-order valence-corrected chi connectivity index (χ2v) is 7.13. The van der Waals surface area contributed by atoms with Gasteiger partial charge in [0.1, 0.15) is 0 Å². The van der Waals surface area contributed by atoms with E-state index < -0.39 is 11.9 Å². The smallest absolute Gasteiger partial charge is 0.335 e. The standard InChI is InChI=1S/C24H19N3O4/c1-15-11-12-17(24(30)31)13-20(15)25-22(28)21-18-9-5-6-10-19(18)23(29)27(26-21)14-16-7-3-2-4-8-16/h2-13H,14H2,1H3,(H,25,28)(H,30,31). The van der Waals surface area contributed by atoms with Crippen LogP contribution in [0.3, 0.4) is 0 Å². The Morgan fingerprint density at radius 2 is 1.65 bits per heavy atom. The van der Waals surface area contributed by atoms with Crippen molar-refractivity contribution in [2.75, 3.05) is 5.32 Å². The Bertz CT molecular complexity index is 1360. The van der Waals surface area contributed by atoms with Crippen LogP contribution in [-0.4, -0.2) is 26.8 Å². The fourth-order valence-corrected chi connectivity index (χ4v) is 3.34. The molecule has 1 heterocycles. The summed E-state index contributed by atoms with van der Waals surface area (Å²) in [6, 6.07) is 20.7.